The van der Waals surface area contributed by atoms with Gasteiger partial charge < -0.3 is 15.7 Å². The summed E-state index contributed by atoms with van der Waals surface area (Å²) in [5, 5.41) is 10.3. The zero-order valence-corrected chi connectivity index (χ0v) is 12.1. The smallest absolute Gasteiger partial charge is 0.239 e. The van der Waals surface area contributed by atoms with Gasteiger partial charge in [0.25, 0.3) is 0 Å². The van der Waals surface area contributed by atoms with E-state index in [0.29, 0.717) is 13.0 Å². The first-order valence-corrected chi connectivity index (χ1v) is 7.27. The average molecular weight is 276 g/mol. The lowest BCUT2D eigenvalue weighted by atomic mass is 10.0. The molecule has 1 amide bonds. The van der Waals surface area contributed by atoms with Gasteiger partial charge >= 0.3 is 0 Å². The summed E-state index contributed by atoms with van der Waals surface area (Å²) in [4.78, 5) is 13.8. The van der Waals surface area contributed by atoms with Crippen molar-refractivity contribution < 1.29 is 9.90 Å². The van der Waals surface area contributed by atoms with E-state index in [1.807, 2.05) is 30.3 Å². The largest absolute Gasteiger partial charge is 0.388 e. The summed E-state index contributed by atoms with van der Waals surface area (Å²) >= 11 is 0. The van der Waals surface area contributed by atoms with Gasteiger partial charge in [0.05, 0.1) is 11.6 Å². The molecule has 0 heterocycles. The lowest BCUT2D eigenvalue weighted by Gasteiger charge is -2.30. The van der Waals surface area contributed by atoms with Crippen molar-refractivity contribution in [3.05, 3.63) is 35.9 Å². The second-order valence-corrected chi connectivity index (χ2v) is 5.92. The summed E-state index contributed by atoms with van der Waals surface area (Å²) < 4.78 is 0. The molecule has 4 heteroatoms. The summed E-state index contributed by atoms with van der Waals surface area (Å²) in [5.74, 6) is -0.103. The van der Waals surface area contributed by atoms with Gasteiger partial charge in [-0.05, 0) is 24.8 Å². The number of likely N-dealkylation sites (N-methyl/N-ethyl adjacent to an activating group) is 1. The molecule has 0 saturated heterocycles. The zero-order valence-electron chi connectivity index (χ0n) is 12.1. The van der Waals surface area contributed by atoms with E-state index in [0.717, 1.165) is 31.2 Å². The Labute approximate surface area is 120 Å². The predicted octanol–water partition coefficient (Wildman–Crippen LogP) is 1.32. The number of nitrogens with zero attached hydrogens (tertiary/aromatic N) is 1. The Hall–Kier alpha value is -1.39. The molecule has 1 saturated carbocycles. The minimum atomic E-state index is -0.711. The summed E-state index contributed by atoms with van der Waals surface area (Å²) in [7, 11) is 1.73. The minimum Gasteiger partial charge on any atom is -0.388 e. The fourth-order valence-corrected chi connectivity index (χ4v) is 2.95. The topological polar surface area (TPSA) is 66.6 Å². The Morgan fingerprint density at radius 3 is 2.55 bits per heavy atom. The molecule has 1 aliphatic carbocycles. The van der Waals surface area contributed by atoms with Gasteiger partial charge in [0.2, 0.25) is 5.91 Å². The monoisotopic (exact) mass is 276 g/mol. The Morgan fingerprint density at radius 1 is 1.35 bits per heavy atom. The number of amides is 1. The van der Waals surface area contributed by atoms with Crippen LogP contribution in [0.15, 0.2) is 30.3 Å². The van der Waals surface area contributed by atoms with Crippen molar-refractivity contribution in [2.75, 3.05) is 13.6 Å². The van der Waals surface area contributed by atoms with Gasteiger partial charge in [-0.2, -0.15) is 0 Å². The minimum absolute atomic E-state index is 0.103. The van der Waals surface area contributed by atoms with Crippen molar-refractivity contribution in [1.82, 2.24) is 4.90 Å². The number of carbonyl (C=O) groups excluding carboxylic acids is 1. The highest BCUT2D eigenvalue weighted by atomic mass is 16.3. The standard InChI is InChI=1S/C16H24N2O2/c1-18(12-16(20)9-5-6-10-16)15(19)14(17)11-13-7-3-2-4-8-13/h2-4,7-8,14,20H,5-6,9-12,17H2,1H3/t14-/m0/s1. The van der Waals surface area contributed by atoms with Crippen LogP contribution in [0.4, 0.5) is 0 Å². The van der Waals surface area contributed by atoms with Crippen LogP contribution in [0, 0.1) is 0 Å². The summed E-state index contributed by atoms with van der Waals surface area (Å²) in [6, 6.07) is 9.22. The van der Waals surface area contributed by atoms with Gasteiger partial charge in [0.1, 0.15) is 0 Å². The molecule has 1 aromatic rings. The third-order valence-corrected chi connectivity index (χ3v) is 4.06. The van der Waals surface area contributed by atoms with E-state index in [4.69, 9.17) is 5.73 Å². The third-order valence-electron chi connectivity index (χ3n) is 4.06. The van der Waals surface area contributed by atoms with Crippen molar-refractivity contribution >= 4 is 5.91 Å². The molecule has 1 aromatic carbocycles. The lowest BCUT2D eigenvalue weighted by molar-refractivity contribution is -0.134. The molecule has 110 valence electrons. The molecule has 0 bridgehead atoms. The second-order valence-electron chi connectivity index (χ2n) is 5.92. The molecule has 1 atom stereocenters. The summed E-state index contributed by atoms with van der Waals surface area (Å²) in [5.41, 5.74) is 6.34. The van der Waals surface area contributed by atoms with Gasteiger partial charge in [-0.15, -0.1) is 0 Å². The van der Waals surface area contributed by atoms with Crippen LogP contribution in [-0.4, -0.2) is 41.1 Å². The number of aliphatic hydroxyl groups is 1. The molecule has 0 unspecified atom stereocenters. The molecular weight excluding hydrogens is 252 g/mol. The number of rotatable bonds is 5. The maximum Gasteiger partial charge on any atom is 0.239 e. The van der Waals surface area contributed by atoms with Gasteiger partial charge in [0, 0.05) is 13.6 Å². The van der Waals surface area contributed by atoms with E-state index in [2.05, 4.69) is 0 Å². The van der Waals surface area contributed by atoms with Crippen LogP contribution in [0.25, 0.3) is 0 Å². The van der Waals surface area contributed by atoms with Crippen LogP contribution in [0.1, 0.15) is 31.2 Å². The van der Waals surface area contributed by atoms with Crippen LogP contribution >= 0.6 is 0 Å². The Balaban J connectivity index is 1.89. The van der Waals surface area contributed by atoms with Crippen molar-refractivity contribution in [2.24, 2.45) is 5.73 Å². The molecule has 1 aliphatic rings. The molecule has 1 fully saturated rings. The van der Waals surface area contributed by atoms with Gasteiger partial charge in [-0.25, -0.2) is 0 Å². The maximum absolute atomic E-state index is 12.3. The van der Waals surface area contributed by atoms with E-state index >= 15 is 0 Å². The Kier molecular flexibility index (Phi) is 4.78. The second kappa shape index (κ2) is 6.37. The number of nitrogens with two attached hydrogens (primary N) is 1. The van der Waals surface area contributed by atoms with Crippen LogP contribution in [0.3, 0.4) is 0 Å². The predicted molar refractivity (Wildman–Crippen MR) is 79.2 cm³/mol. The van der Waals surface area contributed by atoms with Gasteiger partial charge in [0.15, 0.2) is 0 Å². The number of carbonyl (C=O) groups is 1. The number of hydrogen-bond donors (Lipinski definition) is 2. The molecule has 0 aromatic heterocycles. The summed E-state index contributed by atoms with van der Waals surface area (Å²) in [6.07, 6.45) is 4.16. The first-order chi connectivity index (χ1) is 9.50. The van der Waals surface area contributed by atoms with Crippen molar-refractivity contribution in [3.63, 3.8) is 0 Å². The molecule has 2 rings (SSSR count). The van der Waals surface area contributed by atoms with E-state index < -0.39 is 11.6 Å². The SMILES string of the molecule is CN(CC1(O)CCCC1)C(=O)[C@@H](N)Cc1ccccc1. The first kappa shape index (κ1) is 15.0. The van der Waals surface area contributed by atoms with E-state index in [9.17, 15) is 9.90 Å². The fourth-order valence-electron chi connectivity index (χ4n) is 2.95. The number of benzene rings is 1. The van der Waals surface area contributed by atoms with Crippen LogP contribution in [0.2, 0.25) is 0 Å². The highest BCUT2D eigenvalue weighted by molar-refractivity contribution is 5.81. The molecule has 0 aliphatic heterocycles. The van der Waals surface area contributed by atoms with E-state index in [1.165, 1.54) is 0 Å². The Bertz CT molecular complexity index is 441. The maximum atomic E-state index is 12.3. The van der Waals surface area contributed by atoms with E-state index in [1.54, 1.807) is 11.9 Å². The highest BCUT2D eigenvalue weighted by Crippen LogP contribution is 2.30. The molecule has 0 spiro atoms. The van der Waals surface area contributed by atoms with Crippen LogP contribution < -0.4 is 5.73 Å². The van der Waals surface area contributed by atoms with Crippen LogP contribution in [-0.2, 0) is 11.2 Å². The fraction of sp³-hybridized carbons (Fsp3) is 0.562. The normalized spacial score (nSPS) is 18.8. The molecule has 4 nitrogen and oxygen atoms in total. The molecule has 20 heavy (non-hydrogen) atoms. The Morgan fingerprint density at radius 2 is 1.95 bits per heavy atom. The average Bonchev–Trinajstić information content (AvgIpc) is 2.85. The highest BCUT2D eigenvalue weighted by Gasteiger charge is 2.34. The van der Waals surface area contributed by atoms with Crippen molar-refractivity contribution in [3.8, 4) is 0 Å². The molecular formula is C16H24N2O2. The first-order valence-electron chi connectivity index (χ1n) is 7.27. The van der Waals surface area contributed by atoms with Gasteiger partial charge in [-0.3, -0.25) is 4.79 Å². The molecule has 3 N–H and O–H groups in total. The van der Waals surface area contributed by atoms with Crippen molar-refractivity contribution in [1.29, 1.82) is 0 Å². The van der Waals surface area contributed by atoms with Crippen molar-refractivity contribution in [2.45, 2.75) is 43.7 Å². The van der Waals surface area contributed by atoms with Gasteiger partial charge in [-0.1, -0.05) is 43.2 Å². The number of hydrogen-bond acceptors (Lipinski definition) is 3. The quantitative estimate of drug-likeness (QED) is 0.852. The van der Waals surface area contributed by atoms with Crippen LogP contribution in [0.5, 0.6) is 0 Å². The summed E-state index contributed by atoms with van der Waals surface area (Å²) in [6.45, 7) is 0.383. The molecule has 0 radical (unpaired) electrons. The lowest BCUT2D eigenvalue weighted by Crippen LogP contribution is -2.48. The van der Waals surface area contributed by atoms with E-state index in [-0.39, 0.29) is 5.91 Å². The zero-order chi connectivity index (χ0) is 14.6. The third kappa shape index (κ3) is 3.81.